The average Bonchev–Trinajstić information content (AvgIpc) is 3.24. The maximum atomic E-state index is 12.0. The van der Waals surface area contributed by atoms with Gasteiger partial charge in [0.1, 0.15) is 16.3 Å². The number of nitrogens with zero attached hydrogens (tertiary/aromatic N) is 4. The molecule has 4 heterocycles. The van der Waals surface area contributed by atoms with Crippen LogP contribution < -0.4 is 10.6 Å². The van der Waals surface area contributed by atoms with Crippen molar-refractivity contribution in [3.05, 3.63) is 60.1 Å². The molecule has 0 radical (unpaired) electrons. The van der Waals surface area contributed by atoms with E-state index in [-0.39, 0.29) is 17.9 Å². The van der Waals surface area contributed by atoms with Crippen LogP contribution in [0.3, 0.4) is 0 Å². The van der Waals surface area contributed by atoms with Gasteiger partial charge in [-0.3, -0.25) is 9.78 Å². The van der Waals surface area contributed by atoms with Gasteiger partial charge >= 0.3 is 0 Å². The first-order chi connectivity index (χ1) is 15.1. The molecule has 1 saturated heterocycles. The van der Waals surface area contributed by atoms with Crippen LogP contribution in [0.25, 0.3) is 32.9 Å². The number of amides is 1. The van der Waals surface area contributed by atoms with Crippen LogP contribution in [0.4, 0.5) is 5.82 Å². The summed E-state index contributed by atoms with van der Waals surface area (Å²) in [4.78, 5) is 29.4. The fourth-order valence-electron chi connectivity index (χ4n) is 4.21. The van der Waals surface area contributed by atoms with Crippen molar-refractivity contribution >= 4 is 33.3 Å². The normalized spacial score (nSPS) is 18.9. The van der Waals surface area contributed by atoms with Crippen molar-refractivity contribution in [2.45, 2.75) is 25.8 Å². The standard InChI is InChI=1S/C24H23N5OS/c1-15-10-11-17(21(25)30)13-29(15)23-20-18(16-7-3-2-4-8-16)14-31-24(20)28-22(27-23)19-9-5-6-12-26-19/h2-9,12,14-15,17H,10-11,13H2,1H3,(H2,25,30)/t15-,17+/m0/s1. The predicted octanol–water partition coefficient (Wildman–Crippen LogP) is 4.51. The minimum atomic E-state index is -0.249. The summed E-state index contributed by atoms with van der Waals surface area (Å²) in [5.74, 6) is 1.02. The lowest BCUT2D eigenvalue weighted by Crippen LogP contribution is -2.46. The summed E-state index contributed by atoms with van der Waals surface area (Å²) in [6, 6.07) is 16.3. The topological polar surface area (TPSA) is 85.0 Å². The van der Waals surface area contributed by atoms with Crippen molar-refractivity contribution in [3.8, 4) is 22.6 Å². The molecule has 4 aromatic rings. The lowest BCUT2D eigenvalue weighted by atomic mass is 9.92. The highest BCUT2D eigenvalue weighted by Crippen LogP contribution is 2.41. The summed E-state index contributed by atoms with van der Waals surface area (Å²) >= 11 is 1.61. The number of hydrogen-bond donors (Lipinski definition) is 1. The third kappa shape index (κ3) is 3.65. The van der Waals surface area contributed by atoms with Crippen molar-refractivity contribution in [2.24, 2.45) is 11.7 Å². The van der Waals surface area contributed by atoms with E-state index in [1.54, 1.807) is 17.5 Å². The summed E-state index contributed by atoms with van der Waals surface area (Å²) in [5, 5.41) is 3.16. The van der Waals surface area contributed by atoms with Gasteiger partial charge in [0.05, 0.1) is 11.3 Å². The average molecular weight is 430 g/mol. The van der Waals surface area contributed by atoms with Crippen LogP contribution >= 0.6 is 11.3 Å². The van der Waals surface area contributed by atoms with E-state index in [0.29, 0.717) is 12.4 Å². The van der Waals surface area contributed by atoms with E-state index in [4.69, 9.17) is 15.7 Å². The van der Waals surface area contributed by atoms with Gasteiger partial charge in [0.2, 0.25) is 5.91 Å². The Kier molecular flexibility index (Phi) is 5.11. The van der Waals surface area contributed by atoms with Crippen molar-refractivity contribution in [1.29, 1.82) is 0 Å². The van der Waals surface area contributed by atoms with Crippen molar-refractivity contribution in [2.75, 3.05) is 11.4 Å². The number of rotatable bonds is 4. The lowest BCUT2D eigenvalue weighted by molar-refractivity contribution is -0.122. The Morgan fingerprint density at radius 3 is 2.65 bits per heavy atom. The van der Waals surface area contributed by atoms with E-state index in [1.807, 2.05) is 36.4 Å². The van der Waals surface area contributed by atoms with Gasteiger partial charge in [-0.1, -0.05) is 36.4 Å². The minimum Gasteiger partial charge on any atom is -0.369 e. The van der Waals surface area contributed by atoms with Gasteiger partial charge < -0.3 is 10.6 Å². The molecule has 0 unspecified atom stereocenters. The monoisotopic (exact) mass is 429 g/mol. The Labute approximate surface area is 184 Å². The zero-order valence-corrected chi connectivity index (χ0v) is 18.0. The third-order valence-corrected chi connectivity index (χ3v) is 6.82. The van der Waals surface area contributed by atoms with Crippen LogP contribution in [0.15, 0.2) is 60.1 Å². The molecule has 0 spiro atoms. The van der Waals surface area contributed by atoms with E-state index in [0.717, 1.165) is 45.7 Å². The fourth-order valence-corrected chi connectivity index (χ4v) is 5.15. The molecule has 0 bridgehead atoms. The number of carbonyl (C=O) groups excluding carboxylic acids is 1. The quantitative estimate of drug-likeness (QED) is 0.516. The molecule has 1 amide bonds. The highest BCUT2D eigenvalue weighted by Gasteiger charge is 2.32. The number of anilines is 1. The van der Waals surface area contributed by atoms with Crippen LogP contribution in [0.2, 0.25) is 0 Å². The lowest BCUT2D eigenvalue weighted by Gasteiger charge is -2.38. The molecule has 1 aliphatic rings. The van der Waals surface area contributed by atoms with Gasteiger partial charge in [-0.15, -0.1) is 11.3 Å². The van der Waals surface area contributed by atoms with E-state index in [1.165, 1.54) is 0 Å². The predicted molar refractivity (Wildman–Crippen MR) is 125 cm³/mol. The van der Waals surface area contributed by atoms with Crippen LogP contribution in [-0.2, 0) is 4.79 Å². The zero-order chi connectivity index (χ0) is 21.4. The van der Waals surface area contributed by atoms with Gasteiger partial charge in [-0.2, -0.15) is 0 Å². The number of aromatic nitrogens is 3. The molecule has 1 aromatic carbocycles. The van der Waals surface area contributed by atoms with E-state index in [9.17, 15) is 4.79 Å². The van der Waals surface area contributed by atoms with Gasteiger partial charge in [-0.25, -0.2) is 9.97 Å². The molecule has 2 atom stereocenters. The minimum absolute atomic E-state index is 0.182. The molecule has 2 N–H and O–H groups in total. The number of piperidine rings is 1. The molecule has 0 saturated carbocycles. The zero-order valence-electron chi connectivity index (χ0n) is 17.2. The smallest absolute Gasteiger partial charge is 0.222 e. The largest absolute Gasteiger partial charge is 0.369 e. The van der Waals surface area contributed by atoms with E-state index < -0.39 is 0 Å². The maximum Gasteiger partial charge on any atom is 0.222 e. The first-order valence-electron chi connectivity index (χ1n) is 10.4. The summed E-state index contributed by atoms with van der Waals surface area (Å²) in [7, 11) is 0. The van der Waals surface area contributed by atoms with Gasteiger partial charge in [0.15, 0.2) is 5.82 Å². The summed E-state index contributed by atoms with van der Waals surface area (Å²) in [5.41, 5.74) is 8.65. The van der Waals surface area contributed by atoms with Crippen LogP contribution in [0, 0.1) is 5.92 Å². The number of carbonyl (C=O) groups is 1. The second kappa shape index (κ2) is 8.07. The second-order valence-corrected chi connectivity index (χ2v) is 8.82. The highest BCUT2D eigenvalue weighted by atomic mass is 32.1. The summed E-state index contributed by atoms with van der Waals surface area (Å²) in [6.45, 7) is 2.74. The number of nitrogens with two attached hydrogens (primary N) is 1. The molecule has 156 valence electrons. The first-order valence-corrected chi connectivity index (χ1v) is 11.3. The molecule has 7 heteroatoms. The van der Waals surface area contributed by atoms with Crippen LogP contribution in [0.5, 0.6) is 0 Å². The second-order valence-electron chi connectivity index (χ2n) is 7.96. The third-order valence-electron chi connectivity index (χ3n) is 5.95. The number of fused-ring (bicyclic) bond motifs is 1. The van der Waals surface area contributed by atoms with Gasteiger partial charge in [0, 0.05) is 29.7 Å². The maximum absolute atomic E-state index is 12.0. The molecule has 1 aliphatic heterocycles. The highest BCUT2D eigenvalue weighted by molar-refractivity contribution is 7.17. The molecular formula is C24H23N5OS. The summed E-state index contributed by atoms with van der Waals surface area (Å²) in [6.07, 6.45) is 3.45. The molecule has 5 rings (SSSR count). The van der Waals surface area contributed by atoms with E-state index in [2.05, 4.69) is 34.3 Å². The molecular weight excluding hydrogens is 406 g/mol. The SMILES string of the molecule is C[C@H]1CC[C@@H](C(N)=O)CN1c1nc(-c2ccccn2)nc2scc(-c3ccccc3)c12. The van der Waals surface area contributed by atoms with Gasteiger partial charge in [0.25, 0.3) is 0 Å². The number of benzene rings is 1. The van der Waals surface area contributed by atoms with Crippen LogP contribution in [0.1, 0.15) is 19.8 Å². The Hall–Kier alpha value is -3.32. The summed E-state index contributed by atoms with van der Waals surface area (Å²) < 4.78 is 0. The Balaban J connectivity index is 1.73. The fraction of sp³-hybridized carbons (Fsp3) is 0.250. The molecule has 3 aromatic heterocycles. The molecule has 6 nitrogen and oxygen atoms in total. The number of hydrogen-bond acceptors (Lipinski definition) is 6. The molecule has 31 heavy (non-hydrogen) atoms. The Bertz CT molecular complexity index is 1220. The Morgan fingerprint density at radius 2 is 1.90 bits per heavy atom. The van der Waals surface area contributed by atoms with Gasteiger partial charge in [-0.05, 0) is 37.5 Å². The van der Waals surface area contributed by atoms with Crippen molar-refractivity contribution in [1.82, 2.24) is 15.0 Å². The number of pyridine rings is 1. The van der Waals surface area contributed by atoms with Crippen molar-refractivity contribution < 1.29 is 4.79 Å². The number of primary amides is 1. The first kappa shape index (κ1) is 19.6. The van der Waals surface area contributed by atoms with Crippen molar-refractivity contribution in [3.63, 3.8) is 0 Å². The number of thiophene rings is 1. The molecule has 1 fully saturated rings. The van der Waals surface area contributed by atoms with E-state index >= 15 is 0 Å². The molecule has 0 aliphatic carbocycles. The Morgan fingerprint density at radius 1 is 1.10 bits per heavy atom. The van der Waals surface area contributed by atoms with Crippen LogP contribution in [-0.4, -0.2) is 33.4 Å².